The summed E-state index contributed by atoms with van der Waals surface area (Å²) >= 11 is 1.88. The van der Waals surface area contributed by atoms with Crippen LogP contribution in [0.4, 0.5) is 17.1 Å². The third-order valence-electron chi connectivity index (χ3n) is 10.9. The largest absolute Gasteiger partial charge is 0.455 e. The van der Waals surface area contributed by atoms with Crippen molar-refractivity contribution in [2.75, 3.05) is 4.90 Å². The van der Waals surface area contributed by atoms with E-state index in [-0.39, 0.29) is 0 Å². The van der Waals surface area contributed by atoms with Crippen LogP contribution in [0.15, 0.2) is 202 Å². The van der Waals surface area contributed by atoms with Gasteiger partial charge in [0.1, 0.15) is 11.2 Å². The van der Waals surface area contributed by atoms with Crippen LogP contribution in [-0.4, -0.2) is 0 Å². The molecule has 1 spiro atoms. The van der Waals surface area contributed by atoms with E-state index in [1.807, 2.05) is 17.8 Å². The number of furan rings is 1. The van der Waals surface area contributed by atoms with Crippen LogP contribution in [0.1, 0.15) is 22.3 Å². The summed E-state index contributed by atoms with van der Waals surface area (Å²) in [5, 5.41) is 2.24. The van der Waals surface area contributed by atoms with Gasteiger partial charge in [-0.05, 0) is 93.5 Å². The Morgan fingerprint density at radius 1 is 0.442 bits per heavy atom. The van der Waals surface area contributed by atoms with Gasteiger partial charge in [0.05, 0.1) is 11.1 Å². The molecule has 2 heterocycles. The van der Waals surface area contributed by atoms with Crippen molar-refractivity contribution in [2.45, 2.75) is 15.2 Å². The second-order valence-electron chi connectivity index (χ2n) is 13.6. The quantitative estimate of drug-likeness (QED) is 0.184. The van der Waals surface area contributed by atoms with Crippen molar-refractivity contribution in [1.29, 1.82) is 0 Å². The fourth-order valence-electron chi connectivity index (χ4n) is 8.84. The van der Waals surface area contributed by atoms with Gasteiger partial charge in [0.15, 0.2) is 0 Å². The van der Waals surface area contributed by atoms with Crippen LogP contribution in [0.25, 0.3) is 44.2 Å². The normalized spacial score (nSPS) is 13.5. The maximum absolute atomic E-state index is 6.73. The van der Waals surface area contributed by atoms with Gasteiger partial charge >= 0.3 is 0 Å². The van der Waals surface area contributed by atoms with Crippen molar-refractivity contribution >= 4 is 50.8 Å². The Morgan fingerprint density at radius 3 is 1.83 bits per heavy atom. The average molecular weight is 682 g/mol. The molecule has 2 nitrogen and oxygen atoms in total. The van der Waals surface area contributed by atoms with Crippen LogP contribution in [-0.2, 0) is 5.41 Å². The zero-order valence-corrected chi connectivity index (χ0v) is 29.0. The predicted octanol–water partition coefficient (Wildman–Crippen LogP) is 13.6. The third-order valence-corrected chi connectivity index (χ3v) is 12.1. The molecule has 0 bridgehead atoms. The molecular formula is C49H31NOS. The minimum Gasteiger partial charge on any atom is -0.455 e. The molecular weight excluding hydrogens is 651 g/mol. The Bertz CT molecular complexity index is 2790. The highest BCUT2D eigenvalue weighted by molar-refractivity contribution is 7.99. The lowest BCUT2D eigenvalue weighted by molar-refractivity contribution is 0.670. The van der Waals surface area contributed by atoms with E-state index in [0.717, 1.165) is 50.1 Å². The molecule has 0 atom stereocenters. The fraction of sp³-hybridized carbons (Fsp3) is 0.0204. The summed E-state index contributed by atoms with van der Waals surface area (Å²) in [6, 6.07) is 68.4. The zero-order chi connectivity index (χ0) is 34.2. The Hall–Kier alpha value is -6.29. The van der Waals surface area contributed by atoms with Crippen LogP contribution >= 0.6 is 11.8 Å². The standard InChI is InChI=1S/C49H31NOS/c1-3-15-32(16-4-1)47-43(30-28-37-36-20-8-12-24-44(36)51-48(37)47)50(33-17-5-2-6-18-33)34-27-29-40-38(31-34)35-19-7-9-21-39(35)49(40)41-22-10-13-25-45(41)52-46-26-14-11-23-42(46)49/h1-31H. The maximum atomic E-state index is 6.73. The first-order valence-electron chi connectivity index (χ1n) is 17.8. The van der Waals surface area contributed by atoms with E-state index in [0.29, 0.717) is 0 Å². The molecule has 1 aliphatic heterocycles. The maximum Gasteiger partial charge on any atom is 0.145 e. The van der Waals surface area contributed by atoms with E-state index in [1.165, 1.54) is 43.2 Å². The van der Waals surface area contributed by atoms with Crippen LogP contribution < -0.4 is 4.90 Å². The molecule has 0 N–H and O–H groups in total. The van der Waals surface area contributed by atoms with E-state index in [4.69, 9.17) is 4.42 Å². The minimum atomic E-state index is -0.414. The number of benzene rings is 8. The molecule has 0 fully saturated rings. The van der Waals surface area contributed by atoms with Crippen molar-refractivity contribution in [3.8, 4) is 22.3 Å². The molecule has 1 aliphatic carbocycles. The van der Waals surface area contributed by atoms with Gasteiger partial charge in [-0.3, -0.25) is 0 Å². The summed E-state index contributed by atoms with van der Waals surface area (Å²) < 4.78 is 6.73. The van der Waals surface area contributed by atoms with Crippen molar-refractivity contribution in [3.63, 3.8) is 0 Å². The molecule has 0 radical (unpaired) electrons. The number of hydrogen-bond acceptors (Lipinski definition) is 3. The molecule has 11 rings (SSSR count). The molecule has 0 amide bonds. The average Bonchev–Trinajstić information content (AvgIpc) is 3.73. The number of fused-ring (bicyclic) bond motifs is 12. The SMILES string of the molecule is c1ccc(-c2c(N(c3ccccc3)c3ccc4c(c3)-c3ccccc3C43c4ccccc4Sc4ccccc43)ccc3c2oc2ccccc23)cc1. The molecule has 1 aromatic heterocycles. The highest BCUT2D eigenvalue weighted by Gasteiger charge is 2.50. The number of rotatable bonds is 4. The first-order chi connectivity index (χ1) is 25.8. The second kappa shape index (κ2) is 11.4. The Kier molecular flexibility index (Phi) is 6.43. The first kappa shape index (κ1) is 29.4. The van der Waals surface area contributed by atoms with Gasteiger partial charge in [-0.2, -0.15) is 0 Å². The Balaban J connectivity index is 1.21. The smallest absolute Gasteiger partial charge is 0.145 e. The molecule has 244 valence electrons. The minimum absolute atomic E-state index is 0.414. The van der Waals surface area contributed by atoms with Gasteiger partial charge in [0, 0.05) is 37.5 Å². The molecule has 8 aromatic carbocycles. The van der Waals surface area contributed by atoms with E-state index in [1.54, 1.807) is 0 Å². The van der Waals surface area contributed by atoms with Crippen LogP contribution in [0.2, 0.25) is 0 Å². The summed E-state index contributed by atoms with van der Waals surface area (Å²) in [4.78, 5) is 5.03. The van der Waals surface area contributed by atoms with Gasteiger partial charge in [0.2, 0.25) is 0 Å². The summed E-state index contributed by atoms with van der Waals surface area (Å²) in [6.45, 7) is 0. The zero-order valence-electron chi connectivity index (χ0n) is 28.2. The van der Waals surface area contributed by atoms with Gasteiger partial charge in [-0.1, -0.05) is 145 Å². The molecule has 0 saturated carbocycles. The van der Waals surface area contributed by atoms with Gasteiger partial charge in [-0.15, -0.1) is 0 Å². The van der Waals surface area contributed by atoms with Gasteiger partial charge in [-0.25, -0.2) is 0 Å². The highest BCUT2D eigenvalue weighted by Crippen LogP contribution is 2.62. The molecule has 3 heteroatoms. The predicted molar refractivity (Wildman–Crippen MR) is 215 cm³/mol. The Labute approximate surface area is 306 Å². The summed E-state index contributed by atoms with van der Waals surface area (Å²) in [6.07, 6.45) is 0. The molecule has 2 aliphatic rings. The monoisotopic (exact) mass is 681 g/mol. The van der Waals surface area contributed by atoms with Gasteiger partial charge < -0.3 is 9.32 Å². The molecule has 52 heavy (non-hydrogen) atoms. The molecule has 9 aromatic rings. The molecule has 0 unspecified atom stereocenters. The third kappa shape index (κ3) is 4.08. The highest BCUT2D eigenvalue weighted by atomic mass is 32.2. The lowest BCUT2D eigenvalue weighted by Crippen LogP contribution is -2.31. The van der Waals surface area contributed by atoms with E-state index >= 15 is 0 Å². The second-order valence-corrected chi connectivity index (χ2v) is 14.7. The van der Waals surface area contributed by atoms with Crippen molar-refractivity contribution in [1.82, 2.24) is 0 Å². The summed E-state index contributed by atoms with van der Waals surface area (Å²) in [5.41, 5.74) is 14.7. The lowest BCUT2D eigenvalue weighted by atomic mass is 9.67. The van der Waals surface area contributed by atoms with Crippen LogP contribution in [0.3, 0.4) is 0 Å². The summed E-state index contributed by atoms with van der Waals surface area (Å²) in [5.74, 6) is 0. The summed E-state index contributed by atoms with van der Waals surface area (Å²) in [7, 11) is 0. The van der Waals surface area contributed by atoms with Crippen molar-refractivity contribution in [3.05, 3.63) is 210 Å². The molecule has 0 saturated heterocycles. The topological polar surface area (TPSA) is 16.4 Å². The first-order valence-corrected chi connectivity index (χ1v) is 18.6. The van der Waals surface area contributed by atoms with Crippen molar-refractivity contribution in [2.24, 2.45) is 0 Å². The lowest BCUT2D eigenvalue weighted by Gasteiger charge is -2.39. The fourth-order valence-corrected chi connectivity index (χ4v) is 10.0. The van der Waals surface area contributed by atoms with E-state index in [9.17, 15) is 0 Å². The number of nitrogens with zero attached hydrogens (tertiary/aromatic N) is 1. The van der Waals surface area contributed by atoms with Crippen LogP contribution in [0.5, 0.6) is 0 Å². The number of hydrogen-bond donors (Lipinski definition) is 0. The number of anilines is 3. The van der Waals surface area contributed by atoms with E-state index in [2.05, 4.69) is 187 Å². The Morgan fingerprint density at radius 2 is 1.06 bits per heavy atom. The van der Waals surface area contributed by atoms with Gasteiger partial charge in [0.25, 0.3) is 0 Å². The van der Waals surface area contributed by atoms with Crippen molar-refractivity contribution < 1.29 is 4.42 Å². The van der Waals surface area contributed by atoms with E-state index < -0.39 is 5.41 Å². The van der Waals surface area contributed by atoms with Crippen LogP contribution in [0, 0.1) is 0 Å². The number of para-hydroxylation sites is 2.